The van der Waals surface area contributed by atoms with Crippen molar-refractivity contribution < 1.29 is 4.74 Å². The van der Waals surface area contributed by atoms with Gasteiger partial charge in [-0.05, 0) is 37.9 Å². The minimum absolute atomic E-state index is 0.302. The highest BCUT2D eigenvalue weighted by Gasteiger charge is 2.23. The van der Waals surface area contributed by atoms with Crippen molar-refractivity contribution >= 4 is 33.5 Å². The van der Waals surface area contributed by atoms with Gasteiger partial charge in [0.1, 0.15) is 0 Å². The van der Waals surface area contributed by atoms with E-state index in [-0.39, 0.29) is 0 Å². The minimum Gasteiger partial charge on any atom is -0.373 e. The number of para-hydroxylation sites is 1. The zero-order chi connectivity index (χ0) is 12.5. The summed E-state index contributed by atoms with van der Waals surface area (Å²) >= 11 is 3.52. The van der Waals surface area contributed by atoms with Gasteiger partial charge in [-0.25, -0.2) is 9.29 Å². The monoisotopic (exact) mass is 280 g/mol. The third kappa shape index (κ3) is 2.69. The first-order valence-corrected chi connectivity index (χ1v) is 7.73. The predicted octanol–water partition coefficient (Wildman–Crippen LogP) is 3.41. The van der Waals surface area contributed by atoms with E-state index in [1.165, 1.54) is 4.70 Å². The van der Waals surface area contributed by atoms with Gasteiger partial charge in [-0.2, -0.15) is 0 Å². The van der Waals surface area contributed by atoms with Crippen LogP contribution in [-0.2, 0) is 4.74 Å². The molecule has 1 fully saturated rings. The van der Waals surface area contributed by atoms with Crippen molar-refractivity contribution in [1.82, 2.24) is 9.29 Å². The van der Waals surface area contributed by atoms with Crippen LogP contribution in [0.5, 0.6) is 0 Å². The molecule has 0 spiro atoms. The van der Waals surface area contributed by atoms with Crippen LogP contribution in [0.15, 0.2) is 28.6 Å². The quantitative estimate of drug-likeness (QED) is 0.787. The van der Waals surface area contributed by atoms with Crippen molar-refractivity contribution in [1.29, 1.82) is 0 Å². The fourth-order valence-electron chi connectivity index (χ4n) is 2.21. The summed E-state index contributed by atoms with van der Waals surface area (Å²) in [6.07, 6.45) is 0.603. The molecule has 3 rings (SSSR count). The van der Waals surface area contributed by atoms with Crippen LogP contribution in [-0.4, -0.2) is 34.6 Å². The first-order chi connectivity index (χ1) is 8.70. The lowest BCUT2D eigenvalue weighted by atomic mass is 10.3. The summed E-state index contributed by atoms with van der Waals surface area (Å²) in [5.74, 6) is 0. The molecule has 1 aliphatic heterocycles. The van der Waals surface area contributed by atoms with Crippen molar-refractivity contribution in [2.24, 2.45) is 0 Å². The Kier molecular flexibility index (Phi) is 3.56. The molecule has 1 aromatic carbocycles. The fraction of sp³-hybridized carbons (Fsp3) is 0.462. The topological polar surface area (TPSA) is 25.4 Å². The molecule has 0 amide bonds. The van der Waals surface area contributed by atoms with Crippen LogP contribution >= 0.6 is 23.3 Å². The van der Waals surface area contributed by atoms with Gasteiger partial charge in [0, 0.05) is 13.1 Å². The highest BCUT2D eigenvalue weighted by Crippen LogP contribution is 2.32. The van der Waals surface area contributed by atoms with Gasteiger partial charge in [0.2, 0.25) is 0 Å². The van der Waals surface area contributed by atoms with Crippen molar-refractivity contribution in [2.75, 3.05) is 13.1 Å². The van der Waals surface area contributed by atoms with Crippen molar-refractivity contribution in [2.45, 2.75) is 30.4 Å². The van der Waals surface area contributed by atoms with Gasteiger partial charge in [0.15, 0.2) is 4.34 Å². The summed E-state index contributed by atoms with van der Waals surface area (Å²) in [5, 5.41) is 0. The molecule has 3 nitrogen and oxygen atoms in total. The van der Waals surface area contributed by atoms with Crippen LogP contribution in [0.4, 0.5) is 0 Å². The van der Waals surface area contributed by atoms with Gasteiger partial charge < -0.3 is 4.74 Å². The smallest absolute Gasteiger partial charge is 0.166 e. The second-order valence-electron chi connectivity index (χ2n) is 4.64. The second kappa shape index (κ2) is 5.17. The molecule has 1 saturated heterocycles. The number of ether oxygens (including phenoxy) is 1. The van der Waals surface area contributed by atoms with E-state index in [9.17, 15) is 0 Å². The number of nitrogens with zero attached hydrogens (tertiary/aromatic N) is 2. The first kappa shape index (κ1) is 12.4. The highest BCUT2D eigenvalue weighted by molar-refractivity contribution is 7.98. The summed E-state index contributed by atoms with van der Waals surface area (Å²) in [6, 6.07) is 8.30. The molecule has 0 saturated carbocycles. The molecule has 0 N–H and O–H groups in total. The van der Waals surface area contributed by atoms with Crippen LogP contribution in [0.25, 0.3) is 10.2 Å². The van der Waals surface area contributed by atoms with Crippen LogP contribution in [0.2, 0.25) is 0 Å². The molecule has 0 unspecified atom stereocenters. The van der Waals surface area contributed by atoms with Gasteiger partial charge in [-0.3, -0.25) is 0 Å². The largest absolute Gasteiger partial charge is 0.373 e. The van der Waals surface area contributed by atoms with Crippen LogP contribution in [0, 0.1) is 0 Å². The van der Waals surface area contributed by atoms with Crippen LogP contribution in [0.1, 0.15) is 13.8 Å². The van der Waals surface area contributed by atoms with Crippen molar-refractivity contribution in [3.63, 3.8) is 0 Å². The molecule has 1 aromatic heterocycles. The summed E-state index contributed by atoms with van der Waals surface area (Å²) in [5.41, 5.74) is 1.10. The SMILES string of the molecule is C[C@H]1CN(Sc2nc3ccccc3s2)C[C@H](C)O1. The van der Waals surface area contributed by atoms with E-state index >= 15 is 0 Å². The highest BCUT2D eigenvalue weighted by atomic mass is 32.2. The molecule has 5 heteroatoms. The molecule has 0 radical (unpaired) electrons. The van der Waals surface area contributed by atoms with E-state index in [4.69, 9.17) is 4.74 Å². The Balaban J connectivity index is 1.75. The summed E-state index contributed by atoms with van der Waals surface area (Å²) in [7, 11) is 0. The number of fused-ring (bicyclic) bond motifs is 1. The Labute approximate surface area is 115 Å². The molecule has 2 heterocycles. The number of aromatic nitrogens is 1. The maximum atomic E-state index is 5.74. The molecule has 1 aliphatic rings. The molecule has 96 valence electrons. The van der Waals surface area contributed by atoms with Gasteiger partial charge in [-0.1, -0.05) is 12.1 Å². The van der Waals surface area contributed by atoms with Crippen LogP contribution in [0.3, 0.4) is 0 Å². The van der Waals surface area contributed by atoms with Gasteiger partial charge >= 0.3 is 0 Å². The van der Waals surface area contributed by atoms with E-state index in [1.54, 1.807) is 23.3 Å². The minimum atomic E-state index is 0.302. The zero-order valence-electron chi connectivity index (χ0n) is 10.5. The Morgan fingerprint density at radius 1 is 1.28 bits per heavy atom. The lowest BCUT2D eigenvalue weighted by molar-refractivity contribution is -0.0414. The predicted molar refractivity (Wildman–Crippen MR) is 77.1 cm³/mol. The molecular weight excluding hydrogens is 264 g/mol. The third-order valence-corrected chi connectivity index (χ3v) is 4.98. The maximum Gasteiger partial charge on any atom is 0.166 e. The Bertz CT molecular complexity index is 500. The normalized spacial score (nSPS) is 25.7. The van der Waals surface area contributed by atoms with Gasteiger partial charge in [-0.15, -0.1) is 11.3 Å². The average Bonchev–Trinajstić information content (AvgIpc) is 2.69. The lowest BCUT2D eigenvalue weighted by Gasteiger charge is -2.33. The van der Waals surface area contributed by atoms with E-state index in [2.05, 4.69) is 41.3 Å². The molecule has 2 atom stereocenters. The molecule has 0 bridgehead atoms. The molecule has 0 aliphatic carbocycles. The maximum absolute atomic E-state index is 5.74. The number of hydrogen-bond donors (Lipinski definition) is 0. The average molecular weight is 280 g/mol. The fourth-order valence-corrected chi connectivity index (χ4v) is 4.57. The zero-order valence-corrected chi connectivity index (χ0v) is 12.1. The molecule has 2 aromatic rings. The van der Waals surface area contributed by atoms with Crippen molar-refractivity contribution in [3.05, 3.63) is 24.3 Å². The molecule has 18 heavy (non-hydrogen) atoms. The summed E-state index contributed by atoms with van der Waals surface area (Å²) in [6.45, 7) is 6.18. The second-order valence-corrected chi connectivity index (χ2v) is 7.02. The number of morpholine rings is 1. The summed E-state index contributed by atoms with van der Waals surface area (Å²) in [4.78, 5) is 4.66. The van der Waals surface area contributed by atoms with Gasteiger partial charge in [0.25, 0.3) is 0 Å². The van der Waals surface area contributed by atoms with E-state index in [1.807, 2.05) is 6.07 Å². The van der Waals surface area contributed by atoms with Crippen LogP contribution < -0.4 is 0 Å². The van der Waals surface area contributed by atoms with Gasteiger partial charge in [0.05, 0.1) is 22.4 Å². The Morgan fingerprint density at radius 3 is 2.72 bits per heavy atom. The first-order valence-electron chi connectivity index (χ1n) is 6.14. The van der Waals surface area contributed by atoms with E-state index in [0.29, 0.717) is 12.2 Å². The Hall–Kier alpha value is -0.620. The van der Waals surface area contributed by atoms with Crippen molar-refractivity contribution in [3.8, 4) is 0 Å². The Morgan fingerprint density at radius 2 is 2.00 bits per heavy atom. The molecular formula is C13H16N2OS2. The standard InChI is InChI=1S/C13H16N2OS2/c1-9-7-15(8-10(2)16-9)18-13-14-11-5-3-4-6-12(11)17-13/h3-6,9-10H,7-8H2,1-2H3/t9-,10-/m0/s1. The number of hydrogen-bond acceptors (Lipinski definition) is 5. The van der Waals surface area contributed by atoms with E-state index in [0.717, 1.165) is 22.9 Å². The number of benzene rings is 1. The lowest BCUT2D eigenvalue weighted by Crippen LogP contribution is -2.41. The van der Waals surface area contributed by atoms with E-state index < -0.39 is 0 Å². The summed E-state index contributed by atoms with van der Waals surface area (Å²) < 4.78 is 10.5. The third-order valence-electron chi connectivity index (χ3n) is 2.87. The number of thiazole rings is 1. The number of rotatable bonds is 2.